The monoisotopic (exact) mass is 419 g/mol. The van der Waals surface area contributed by atoms with Gasteiger partial charge in [-0.2, -0.15) is 0 Å². The van der Waals surface area contributed by atoms with E-state index in [1.807, 2.05) is 20.8 Å². The molecule has 30 heavy (non-hydrogen) atoms. The van der Waals surface area contributed by atoms with Gasteiger partial charge in [-0.25, -0.2) is 4.79 Å². The Kier molecular flexibility index (Phi) is 7.06. The number of nitrogens with two attached hydrogens (primary N) is 1. The molecule has 0 spiro atoms. The maximum absolute atomic E-state index is 13.5. The number of unbranched alkanes of at least 4 members (excludes halogenated alkanes) is 1. The van der Waals surface area contributed by atoms with E-state index in [2.05, 4.69) is 16.8 Å². The van der Waals surface area contributed by atoms with Crippen molar-refractivity contribution in [3.05, 3.63) is 20.8 Å². The van der Waals surface area contributed by atoms with Crippen LogP contribution >= 0.6 is 0 Å². The number of rotatable bonds is 11. The first-order valence-electron chi connectivity index (χ1n) is 11.4. The van der Waals surface area contributed by atoms with Crippen molar-refractivity contribution in [2.45, 2.75) is 84.8 Å². The smallest absolute Gasteiger partial charge is 0.330 e. The van der Waals surface area contributed by atoms with Crippen molar-refractivity contribution in [2.24, 2.45) is 11.8 Å². The molecule has 1 atom stereocenters. The minimum Gasteiger partial charge on any atom is -0.383 e. The van der Waals surface area contributed by atoms with Gasteiger partial charge in [0.25, 0.3) is 5.56 Å². The molecule has 8 nitrogen and oxygen atoms in total. The minimum absolute atomic E-state index is 0.0788. The molecule has 1 amide bonds. The number of carbonyl (C=O) groups excluding carboxylic acids is 1. The highest BCUT2D eigenvalue weighted by Crippen LogP contribution is 2.39. The summed E-state index contributed by atoms with van der Waals surface area (Å²) in [7, 11) is 0. The van der Waals surface area contributed by atoms with Crippen molar-refractivity contribution in [3.63, 3.8) is 0 Å². The number of nitrogens with one attached hydrogen (secondary N) is 1. The summed E-state index contributed by atoms with van der Waals surface area (Å²) < 4.78 is 1.37. The van der Waals surface area contributed by atoms with Gasteiger partial charge < -0.3 is 10.6 Å². The molecule has 0 saturated heterocycles. The molecule has 0 radical (unpaired) electrons. The van der Waals surface area contributed by atoms with Crippen LogP contribution in [0.2, 0.25) is 0 Å². The van der Waals surface area contributed by atoms with Crippen LogP contribution in [0.25, 0.3) is 0 Å². The Morgan fingerprint density at radius 2 is 1.87 bits per heavy atom. The molecule has 0 aromatic carbocycles. The zero-order valence-corrected chi connectivity index (χ0v) is 18.8. The van der Waals surface area contributed by atoms with Gasteiger partial charge >= 0.3 is 5.69 Å². The highest BCUT2D eigenvalue weighted by molar-refractivity contribution is 5.96. The lowest BCUT2D eigenvalue weighted by Gasteiger charge is -2.32. The minimum atomic E-state index is -0.588. The first kappa shape index (κ1) is 22.6. The third-order valence-corrected chi connectivity index (χ3v) is 6.23. The molecule has 1 aromatic heterocycles. The molecule has 2 aliphatic carbocycles. The maximum atomic E-state index is 13.5. The fourth-order valence-electron chi connectivity index (χ4n) is 4.16. The zero-order valence-electron chi connectivity index (χ0n) is 18.8. The van der Waals surface area contributed by atoms with Crippen molar-refractivity contribution < 1.29 is 4.79 Å². The molecule has 3 rings (SSSR count). The van der Waals surface area contributed by atoms with Gasteiger partial charge in [-0.05, 0) is 50.9 Å². The maximum Gasteiger partial charge on any atom is 0.330 e. The van der Waals surface area contributed by atoms with Gasteiger partial charge in [-0.15, -0.1) is 0 Å². The second kappa shape index (κ2) is 9.37. The molecular weight excluding hydrogens is 382 g/mol. The van der Waals surface area contributed by atoms with Gasteiger partial charge in [0.1, 0.15) is 5.82 Å². The summed E-state index contributed by atoms with van der Waals surface area (Å²) in [6, 6.07) is 0.836. The molecule has 1 heterocycles. The van der Waals surface area contributed by atoms with Gasteiger partial charge in [0.2, 0.25) is 5.91 Å². The molecule has 1 aromatic rings. The normalized spacial score (nSPS) is 17.5. The number of nitrogen functional groups attached to an aromatic ring is 1. The quantitative estimate of drug-likeness (QED) is 0.572. The summed E-state index contributed by atoms with van der Waals surface area (Å²) in [6.07, 6.45) is 6.35. The van der Waals surface area contributed by atoms with Crippen LogP contribution < -0.4 is 21.9 Å². The number of nitrogens with zero attached hydrogens (tertiary/aromatic N) is 3. The van der Waals surface area contributed by atoms with Crippen molar-refractivity contribution in [2.75, 3.05) is 23.7 Å². The Hall–Kier alpha value is -2.09. The van der Waals surface area contributed by atoms with E-state index in [0.29, 0.717) is 31.1 Å². The molecule has 3 N–H and O–H groups in total. The van der Waals surface area contributed by atoms with Gasteiger partial charge in [-0.3, -0.25) is 24.0 Å². The summed E-state index contributed by atoms with van der Waals surface area (Å²) in [6.45, 7) is 9.29. The number of amides is 1. The Morgan fingerprint density at radius 1 is 1.20 bits per heavy atom. The molecule has 2 aliphatic rings. The van der Waals surface area contributed by atoms with Gasteiger partial charge in [0.05, 0.1) is 6.54 Å². The number of carbonyl (C=O) groups is 1. The lowest BCUT2D eigenvalue weighted by Crippen LogP contribution is -2.48. The Morgan fingerprint density at radius 3 is 2.40 bits per heavy atom. The van der Waals surface area contributed by atoms with Crippen LogP contribution in [-0.2, 0) is 11.3 Å². The van der Waals surface area contributed by atoms with E-state index in [4.69, 9.17) is 5.73 Å². The SMILES string of the molecule is CCCCN(C(=O)CN(C1CC1)C(C)C1CC1)c1c(N)n(CC(C)C)c(=O)[nH]c1=O. The molecule has 168 valence electrons. The first-order chi connectivity index (χ1) is 14.2. The van der Waals surface area contributed by atoms with E-state index in [9.17, 15) is 14.4 Å². The van der Waals surface area contributed by atoms with E-state index in [1.165, 1.54) is 22.3 Å². The first-order valence-corrected chi connectivity index (χ1v) is 11.4. The van der Waals surface area contributed by atoms with E-state index >= 15 is 0 Å². The summed E-state index contributed by atoms with van der Waals surface area (Å²) >= 11 is 0. The summed E-state index contributed by atoms with van der Waals surface area (Å²) in [5.74, 6) is 0.808. The highest BCUT2D eigenvalue weighted by Gasteiger charge is 2.40. The Balaban J connectivity index is 1.92. The number of H-pyrrole nitrogens is 1. The van der Waals surface area contributed by atoms with Crippen LogP contribution in [0, 0.1) is 11.8 Å². The molecule has 1 unspecified atom stereocenters. The standard InChI is InChI=1S/C22H37N5O3/c1-5-6-11-25(18(28)13-26(17-9-10-17)15(4)16-7-8-16)19-20(23)27(12-14(2)3)22(30)24-21(19)29/h14-17H,5-13,23H2,1-4H3,(H,24,29,30). The van der Waals surface area contributed by atoms with E-state index in [1.54, 1.807) is 0 Å². The molecule has 2 fully saturated rings. The summed E-state index contributed by atoms with van der Waals surface area (Å²) in [5, 5.41) is 0. The third-order valence-electron chi connectivity index (χ3n) is 6.23. The van der Waals surface area contributed by atoms with Gasteiger partial charge in [0.15, 0.2) is 5.69 Å². The Labute approximate surface area is 178 Å². The fourth-order valence-corrected chi connectivity index (χ4v) is 4.16. The van der Waals surface area contributed by atoms with E-state index < -0.39 is 11.2 Å². The molecule has 2 saturated carbocycles. The Bertz CT molecular complexity index is 867. The zero-order chi connectivity index (χ0) is 22.0. The van der Waals surface area contributed by atoms with Crippen LogP contribution in [0.3, 0.4) is 0 Å². The fraction of sp³-hybridized carbons (Fsp3) is 0.773. The summed E-state index contributed by atoms with van der Waals surface area (Å²) in [4.78, 5) is 44.7. The van der Waals surface area contributed by atoms with Gasteiger partial charge in [0, 0.05) is 25.2 Å². The predicted molar refractivity (Wildman–Crippen MR) is 120 cm³/mol. The number of hydrogen-bond donors (Lipinski definition) is 2. The molecule has 0 aliphatic heterocycles. The third kappa shape index (κ3) is 5.14. The van der Waals surface area contributed by atoms with E-state index in [-0.39, 0.29) is 29.9 Å². The summed E-state index contributed by atoms with van der Waals surface area (Å²) in [5.41, 5.74) is 5.30. The molecular formula is C22H37N5O3. The van der Waals surface area contributed by atoms with Crippen molar-refractivity contribution in [1.29, 1.82) is 0 Å². The molecule has 8 heteroatoms. The topological polar surface area (TPSA) is 104 Å². The average Bonchev–Trinajstić information content (AvgIpc) is 3.56. The van der Waals surface area contributed by atoms with Crippen LogP contribution in [0.1, 0.15) is 66.2 Å². The van der Waals surface area contributed by atoms with Crippen LogP contribution in [0.4, 0.5) is 11.5 Å². The largest absolute Gasteiger partial charge is 0.383 e. The number of aromatic nitrogens is 2. The number of anilines is 2. The van der Waals surface area contributed by atoms with E-state index in [0.717, 1.165) is 25.7 Å². The lowest BCUT2D eigenvalue weighted by molar-refractivity contribution is -0.120. The second-order valence-electron chi connectivity index (χ2n) is 9.38. The second-order valence-corrected chi connectivity index (χ2v) is 9.38. The van der Waals surface area contributed by atoms with Crippen LogP contribution in [0.15, 0.2) is 9.59 Å². The number of aromatic amines is 1. The van der Waals surface area contributed by atoms with Crippen molar-refractivity contribution >= 4 is 17.4 Å². The van der Waals surface area contributed by atoms with Crippen LogP contribution in [-0.4, -0.2) is 45.5 Å². The van der Waals surface area contributed by atoms with Crippen molar-refractivity contribution in [1.82, 2.24) is 14.5 Å². The van der Waals surface area contributed by atoms with Gasteiger partial charge in [-0.1, -0.05) is 27.2 Å². The average molecular weight is 420 g/mol. The predicted octanol–water partition coefficient (Wildman–Crippen LogP) is 2.17. The van der Waals surface area contributed by atoms with Crippen molar-refractivity contribution in [3.8, 4) is 0 Å². The molecule has 0 bridgehead atoms. The van der Waals surface area contributed by atoms with Crippen LogP contribution in [0.5, 0.6) is 0 Å². The number of hydrogen-bond acceptors (Lipinski definition) is 5. The lowest BCUT2D eigenvalue weighted by atomic mass is 10.1. The highest BCUT2D eigenvalue weighted by atomic mass is 16.2.